The van der Waals surface area contributed by atoms with Gasteiger partial charge >= 0.3 is 11.9 Å². The van der Waals surface area contributed by atoms with Crippen LogP contribution in [0, 0.1) is 6.92 Å². The van der Waals surface area contributed by atoms with E-state index in [4.69, 9.17) is 4.74 Å². The molecule has 0 spiro atoms. The van der Waals surface area contributed by atoms with E-state index in [-0.39, 0.29) is 18.4 Å². The van der Waals surface area contributed by atoms with Gasteiger partial charge in [0.05, 0.1) is 23.9 Å². The van der Waals surface area contributed by atoms with E-state index in [2.05, 4.69) is 36.4 Å². The number of ether oxygens (including phenoxy) is 1. The first-order valence-electron chi connectivity index (χ1n) is 8.94. The van der Waals surface area contributed by atoms with E-state index in [0.717, 1.165) is 27.9 Å². The Morgan fingerprint density at radius 2 is 2.00 bits per heavy atom. The van der Waals surface area contributed by atoms with E-state index >= 15 is 0 Å². The number of nitrogens with zero attached hydrogens (tertiary/aromatic N) is 1. The molecule has 1 aliphatic heterocycles. The SMILES string of the molecule is CCOC(=O)c1[nH]c2cc3[n+](c(CCC(=O)O)c2c1C)[C@H](C)C(C)=C3C. The van der Waals surface area contributed by atoms with Crippen molar-refractivity contribution in [2.45, 2.75) is 53.5 Å². The molecule has 0 amide bonds. The van der Waals surface area contributed by atoms with E-state index < -0.39 is 5.97 Å². The Morgan fingerprint density at radius 1 is 1.31 bits per heavy atom. The summed E-state index contributed by atoms with van der Waals surface area (Å²) in [6, 6.07) is 2.22. The number of aliphatic carboxylic acids is 1. The van der Waals surface area contributed by atoms with E-state index in [1.54, 1.807) is 6.92 Å². The summed E-state index contributed by atoms with van der Waals surface area (Å²) in [4.78, 5) is 26.7. The van der Waals surface area contributed by atoms with E-state index in [1.165, 1.54) is 11.1 Å². The zero-order valence-electron chi connectivity index (χ0n) is 15.9. The molecule has 0 bridgehead atoms. The smallest absolute Gasteiger partial charge is 0.355 e. The lowest BCUT2D eigenvalue weighted by atomic mass is 10.0. The maximum Gasteiger partial charge on any atom is 0.355 e. The molecular formula is C20H25N2O4+. The Balaban J connectivity index is 2.28. The number of rotatable bonds is 5. The Hall–Kier alpha value is -2.63. The number of carbonyl (C=O) groups excluding carboxylic acids is 1. The summed E-state index contributed by atoms with van der Waals surface area (Å²) in [5, 5.41) is 10.1. The van der Waals surface area contributed by atoms with Gasteiger partial charge in [0.15, 0.2) is 11.7 Å². The second-order valence-corrected chi connectivity index (χ2v) is 6.86. The van der Waals surface area contributed by atoms with E-state index in [1.807, 2.05) is 6.92 Å². The maximum atomic E-state index is 12.3. The van der Waals surface area contributed by atoms with Crippen LogP contribution in [0.3, 0.4) is 0 Å². The highest BCUT2D eigenvalue weighted by atomic mass is 16.5. The molecule has 6 nitrogen and oxygen atoms in total. The number of hydrogen-bond donors (Lipinski definition) is 2. The molecule has 1 aliphatic rings. The van der Waals surface area contributed by atoms with Crippen molar-refractivity contribution in [3.63, 3.8) is 0 Å². The van der Waals surface area contributed by atoms with Gasteiger partial charge in [0.1, 0.15) is 5.69 Å². The number of hydrogen-bond acceptors (Lipinski definition) is 3. The lowest BCUT2D eigenvalue weighted by Crippen LogP contribution is -2.43. The number of pyridine rings is 1. The summed E-state index contributed by atoms with van der Waals surface area (Å²) >= 11 is 0. The third-order valence-electron chi connectivity index (χ3n) is 5.44. The minimum Gasteiger partial charge on any atom is -0.481 e. The van der Waals surface area contributed by atoms with Crippen LogP contribution >= 0.6 is 0 Å². The number of H-pyrrole nitrogens is 1. The molecule has 0 radical (unpaired) electrons. The van der Waals surface area contributed by atoms with Crippen LogP contribution < -0.4 is 4.57 Å². The number of esters is 1. The summed E-state index contributed by atoms with van der Waals surface area (Å²) in [6.07, 6.45) is 0.453. The van der Waals surface area contributed by atoms with Crippen molar-refractivity contribution in [1.29, 1.82) is 0 Å². The summed E-state index contributed by atoms with van der Waals surface area (Å²) in [5.41, 5.74) is 6.58. The zero-order valence-corrected chi connectivity index (χ0v) is 15.9. The number of aromatic amines is 1. The average Bonchev–Trinajstić information content (AvgIpc) is 3.03. The van der Waals surface area contributed by atoms with Crippen LogP contribution in [0.1, 0.15) is 67.6 Å². The normalized spacial score (nSPS) is 16.3. The fraction of sp³-hybridized carbons (Fsp3) is 0.450. The Morgan fingerprint density at radius 3 is 2.62 bits per heavy atom. The van der Waals surface area contributed by atoms with Gasteiger partial charge in [-0.05, 0) is 33.3 Å². The Kier molecular flexibility index (Phi) is 4.61. The maximum absolute atomic E-state index is 12.3. The van der Waals surface area contributed by atoms with Crippen molar-refractivity contribution in [2.24, 2.45) is 0 Å². The number of aryl methyl sites for hydroxylation is 2. The second-order valence-electron chi connectivity index (χ2n) is 6.86. The Bertz CT molecular complexity index is 953. The molecule has 0 fully saturated rings. The van der Waals surface area contributed by atoms with Gasteiger partial charge in [-0.3, -0.25) is 4.79 Å². The Labute approximate surface area is 152 Å². The molecule has 3 heterocycles. The van der Waals surface area contributed by atoms with Crippen LogP contribution in [0.25, 0.3) is 16.5 Å². The number of allylic oxidation sites excluding steroid dienone is 2. The minimum absolute atomic E-state index is 0.0444. The van der Waals surface area contributed by atoms with Crippen molar-refractivity contribution in [3.8, 4) is 0 Å². The van der Waals surface area contributed by atoms with Crippen LogP contribution in [0.4, 0.5) is 0 Å². The first kappa shape index (κ1) is 18.2. The van der Waals surface area contributed by atoms with Gasteiger partial charge in [0, 0.05) is 30.6 Å². The second kappa shape index (κ2) is 6.59. The predicted molar refractivity (Wildman–Crippen MR) is 98.1 cm³/mol. The van der Waals surface area contributed by atoms with Crippen molar-refractivity contribution in [3.05, 3.63) is 34.3 Å². The zero-order chi connectivity index (χ0) is 19.2. The molecule has 0 saturated heterocycles. The largest absolute Gasteiger partial charge is 0.481 e. The number of carbonyl (C=O) groups is 2. The molecule has 2 aromatic rings. The van der Waals surface area contributed by atoms with Crippen LogP contribution in [-0.2, 0) is 16.0 Å². The third-order valence-corrected chi connectivity index (χ3v) is 5.44. The molecule has 2 aromatic heterocycles. The molecule has 0 aromatic carbocycles. The fourth-order valence-corrected chi connectivity index (χ4v) is 3.89. The number of aromatic nitrogens is 2. The van der Waals surface area contributed by atoms with Gasteiger partial charge in [-0.15, -0.1) is 0 Å². The van der Waals surface area contributed by atoms with Crippen LogP contribution in [0.5, 0.6) is 0 Å². The summed E-state index contributed by atoms with van der Waals surface area (Å²) in [7, 11) is 0. The predicted octanol–water partition coefficient (Wildman–Crippen LogP) is 3.33. The molecule has 138 valence electrons. The first-order valence-corrected chi connectivity index (χ1v) is 8.94. The molecule has 2 N–H and O–H groups in total. The fourth-order valence-electron chi connectivity index (χ4n) is 3.89. The van der Waals surface area contributed by atoms with Crippen LogP contribution in [-0.4, -0.2) is 28.6 Å². The molecule has 6 heteroatoms. The van der Waals surface area contributed by atoms with Gasteiger partial charge < -0.3 is 14.8 Å². The lowest BCUT2D eigenvalue weighted by molar-refractivity contribution is -0.713. The highest BCUT2D eigenvalue weighted by Gasteiger charge is 2.37. The monoisotopic (exact) mass is 357 g/mol. The number of nitrogens with one attached hydrogen (secondary N) is 1. The highest BCUT2D eigenvalue weighted by Crippen LogP contribution is 2.35. The topological polar surface area (TPSA) is 83.3 Å². The third kappa shape index (κ3) is 2.69. The number of carboxylic acids is 1. The first-order chi connectivity index (χ1) is 12.3. The average molecular weight is 357 g/mol. The molecule has 3 rings (SSSR count). The summed E-state index contributed by atoms with van der Waals surface area (Å²) in [6.45, 7) is 10.3. The van der Waals surface area contributed by atoms with Gasteiger partial charge in [-0.2, -0.15) is 4.57 Å². The molecule has 26 heavy (non-hydrogen) atoms. The summed E-state index contributed by atoms with van der Waals surface area (Å²) < 4.78 is 7.37. The van der Waals surface area contributed by atoms with Crippen molar-refractivity contribution in [1.82, 2.24) is 4.98 Å². The van der Waals surface area contributed by atoms with Gasteiger partial charge in [0.25, 0.3) is 0 Å². The van der Waals surface area contributed by atoms with Crippen LogP contribution in [0.2, 0.25) is 0 Å². The number of fused-ring (bicyclic) bond motifs is 2. The van der Waals surface area contributed by atoms with Crippen molar-refractivity contribution >= 4 is 28.4 Å². The standard InChI is InChI=1S/C20H24N2O4/c1-6-26-20(25)19-12(4)18-14(21-19)9-16-11(3)10(2)13(5)22(16)15(18)7-8-17(23)24/h9,13H,6-8H2,1-5H3,(H,23,24)/p+1/t13-/m1/s1. The quantitative estimate of drug-likeness (QED) is 0.635. The minimum atomic E-state index is -0.831. The van der Waals surface area contributed by atoms with Gasteiger partial charge in [-0.25, -0.2) is 4.79 Å². The van der Waals surface area contributed by atoms with E-state index in [0.29, 0.717) is 18.7 Å². The van der Waals surface area contributed by atoms with E-state index in [9.17, 15) is 14.7 Å². The highest BCUT2D eigenvalue weighted by molar-refractivity contribution is 5.99. The van der Waals surface area contributed by atoms with Gasteiger partial charge in [0.2, 0.25) is 5.69 Å². The van der Waals surface area contributed by atoms with Gasteiger partial charge in [-0.1, -0.05) is 0 Å². The molecule has 0 aliphatic carbocycles. The number of carboxylic acid groups (broad SMARTS) is 1. The van der Waals surface area contributed by atoms with Crippen molar-refractivity contribution in [2.75, 3.05) is 6.61 Å². The molecular weight excluding hydrogens is 332 g/mol. The van der Waals surface area contributed by atoms with Crippen molar-refractivity contribution < 1.29 is 24.0 Å². The molecule has 0 saturated carbocycles. The lowest BCUT2D eigenvalue weighted by Gasteiger charge is -2.10. The molecule has 1 atom stereocenters. The summed E-state index contributed by atoms with van der Waals surface area (Å²) in [5.74, 6) is -1.21. The molecule has 0 unspecified atom stereocenters. The van der Waals surface area contributed by atoms with Crippen LogP contribution in [0.15, 0.2) is 11.6 Å².